The predicted molar refractivity (Wildman–Crippen MR) is 106 cm³/mol. The smallest absolute Gasteiger partial charge is 0.229 e. The number of hydrogen-bond donors (Lipinski definition) is 1. The van der Waals surface area contributed by atoms with Crippen LogP contribution >= 0.6 is 0 Å². The Kier molecular flexibility index (Phi) is 5.12. The number of hydrogen-bond acceptors (Lipinski definition) is 2. The van der Waals surface area contributed by atoms with E-state index in [1.54, 1.807) is 4.90 Å². The molecule has 0 aromatic heterocycles. The van der Waals surface area contributed by atoms with Gasteiger partial charge in [0.2, 0.25) is 11.8 Å². The lowest BCUT2D eigenvalue weighted by molar-refractivity contribution is -0.122. The standard InChI is InChI=1S/C22H26N2O2/c1-14(2)17-8-10-19(11-9-17)24-13-18(12-20(24)25)22(26)23-21-15(3)6-5-7-16(21)4/h5-11,14,18H,12-13H2,1-4H3,(H,23,26)/t18-/m0/s1. The summed E-state index contributed by atoms with van der Waals surface area (Å²) in [5.41, 5.74) is 5.02. The molecule has 0 unspecified atom stereocenters. The number of carbonyl (C=O) groups is 2. The highest BCUT2D eigenvalue weighted by Gasteiger charge is 2.35. The van der Waals surface area contributed by atoms with Crippen molar-refractivity contribution in [3.8, 4) is 0 Å². The molecule has 0 saturated carbocycles. The molecule has 3 rings (SSSR count). The highest BCUT2D eigenvalue weighted by Crippen LogP contribution is 2.28. The van der Waals surface area contributed by atoms with Crippen molar-refractivity contribution in [2.75, 3.05) is 16.8 Å². The normalized spacial score (nSPS) is 17.0. The Bertz CT molecular complexity index is 804. The Balaban J connectivity index is 1.72. The fourth-order valence-corrected chi connectivity index (χ4v) is 3.41. The van der Waals surface area contributed by atoms with Crippen LogP contribution in [0.1, 0.15) is 42.9 Å². The van der Waals surface area contributed by atoms with Gasteiger partial charge in [-0.05, 0) is 48.6 Å². The topological polar surface area (TPSA) is 49.4 Å². The van der Waals surface area contributed by atoms with E-state index in [0.29, 0.717) is 12.5 Å². The van der Waals surface area contributed by atoms with E-state index >= 15 is 0 Å². The van der Waals surface area contributed by atoms with Gasteiger partial charge in [-0.2, -0.15) is 0 Å². The number of benzene rings is 2. The largest absolute Gasteiger partial charge is 0.325 e. The van der Waals surface area contributed by atoms with Crippen LogP contribution in [-0.4, -0.2) is 18.4 Å². The van der Waals surface area contributed by atoms with Crippen molar-refractivity contribution in [1.82, 2.24) is 0 Å². The van der Waals surface area contributed by atoms with Crippen molar-refractivity contribution in [2.24, 2.45) is 5.92 Å². The third-order valence-corrected chi connectivity index (χ3v) is 5.10. The fraction of sp³-hybridized carbons (Fsp3) is 0.364. The van der Waals surface area contributed by atoms with Crippen molar-refractivity contribution in [1.29, 1.82) is 0 Å². The summed E-state index contributed by atoms with van der Waals surface area (Å²) < 4.78 is 0. The summed E-state index contributed by atoms with van der Waals surface area (Å²) in [4.78, 5) is 26.9. The third-order valence-electron chi connectivity index (χ3n) is 5.10. The summed E-state index contributed by atoms with van der Waals surface area (Å²) in [5, 5.41) is 3.02. The van der Waals surface area contributed by atoms with E-state index in [4.69, 9.17) is 0 Å². The maximum atomic E-state index is 12.7. The Morgan fingerprint density at radius 1 is 1.08 bits per heavy atom. The highest BCUT2D eigenvalue weighted by molar-refractivity contribution is 6.03. The molecule has 0 spiro atoms. The molecule has 26 heavy (non-hydrogen) atoms. The van der Waals surface area contributed by atoms with Crippen molar-refractivity contribution in [3.05, 3.63) is 59.2 Å². The summed E-state index contributed by atoms with van der Waals surface area (Å²) in [6, 6.07) is 14.0. The molecule has 2 aromatic rings. The molecule has 1 atom stereocenters. The summed E-state index contributed by atoms with van der Waals surface area (Å²) in [7, 11) is 0. The Hall–Kier alpha value is -2.62. The number of carbonyl (C=O) groups excluding carboxylic acids is 2. The van der Waals surface area contributed by atoms with Gasteiger partial charge in [-0.1, -0.05) is 44.2 Å². The first-order chi connectivity index (χ1) is 12.4. The lowest BCUT2D eigenvalue weighted by Gasteiger charge is -2.18. The number of para-hydroxylation sites is 1. The van der Waals surface area contributed by atoms with Gasteiger partial charge in [0, 0.05) is 24.3 Å². The molecule has 1 heterocycles. The molecule has 1 aliphatic rings. The zero-order valence-corrected chi connectivity index (χ0v) is 15.9. The number of rotatable bonds is 4. The van der Waals surface area contributed by atoms with Gasteiger partial charge in [-0.25, -0.2) is 0 Å². The van der Waals surface area contributed by atoms with Crippen molar-refractivity contribution in [2.45, 2.75) is 40.0 Å². The zero-order chi connectivity index (χ0) is 18.8. The van der Waals surface area contributed by atoms with E-state index in [9.17, 15) is 9.59 Å². The molecular weight excluding hydrogens is 324 g/mol. The van der Waals surface area contributed by atoms with Gasteiger partial charge >= 0.3 is 0 Å². The van der Waals surface area contributed by atoms with Crippen LogP contribution < -0.4 is 10.2 Å². The van der Waals surface area contributed by atoms with Gasteiger partial charge in [-0.3, -0.25) is 9.59 Å². The minimum Gasteiger partial charge on any atom is -0.325 e. The highest BCUT2D eigenvalue weighted by atomic mass is 16.2. The van der Waals surface area contributed by atoms with E-state index in [0.717, 1.165) is 22.5 Å². The second kappa shape index (κ2) is 7.32. The van der Waals surface area contributed by atoms with Crippen LogP contribution in [0.2, 0.25) is 0 Å². The summed E-state index contributed by atoms with van der Waals surface area (Å²) in [6.45, 7) is 8.67. The molecule has 2 aromatic carbocycles. The molecule has 0 aliphatic carbocycles. The monoisotopic (exact) mass is 350 g/mol. The van der Waals surface area contributed by atoms with E-state index in [2.05, 4.69) is 31.3 Å². The summed E-state index contributed by atoms with van der Waals surface area (Å²) >= 11 is 0. The number of amides is 2. The number of aryl methyl sites for hydroxylation is 2. The molecule has 1 saturated heterocycles. The molecule has 0 radical (unpaired) electrons. The third kappa shape index (κ3) is 3.64. The second-order valence-electron chi connectivity index (χ2n) is 7.41. The van der Waals surface area contributed by atoms with E-state index in [1.807, 2.05) is 44.2 Å². The first kappa shape index (κ1) is 18.2. The molecule has 0 bridgehead atoms. The van der Waals surface area contributed by atoms with E-state index in [-0.39, 0.29) is 24.2 Å². The molecule has 4 heteroatoms. The Labute approximate surface area is 155 Å². The van der Waals surface area contributed by atoms with Gasteiger partial charge in [-0.15, -0.1) is 0 Å². The first-order valence-electron chi connectivity index (χ1n) is 9.14. The number of anilines is 2. The molecule has 2 amide bonds. The lowest BCUT2D eigenvalue weighted by Crippen LogP contribution is -2.28. The molecule has 1 N–H and O–H groups in total. The van der Waals surface area contributed by atoms with Crippen LogP contribution in [-0.2, 0) is 9.59 Å². The van der Waals surface area contributed by atoms with Gasteiger partial charge in [0.25, 0.3) is 0 Å². The van der Waals surface area contributed by atoms with Crippen LogP contribution in [0, 0.1) is 19.8 Å². The second-order valence-corrected chi connectivity index (χ2v) is 7.41. The van der Waals surface area contributed by atoms with Crippen molar-refractivity contribution >= 4 is 23.2 Å². The number of nitrogens with zero attached hydrogens (tertiary/aromatic N) is 1. The van der Waals surface area contributed by atoms with Crippen LogP contribution in [0.15, 0.2) is 42.5 Å². The Morgan fingerprint density at radius 2 is 1.69 bits per heavy atom. The minimum atomic E-state index is -0.328. The average Bonchev–Trinajstić information content (AvgIpc) is 3.00. The van der Waals surface area contributed by atoms with Gasteiger partial charge in [0.1, 0.15) is 0 Å². The van der Waals surface area contributed by atoms with Gasteiger partial charge in [0.15, 0.2) is 0 Å². The molecule has 4 nitrogen and oxygen atoms in total. The predicted octanol–water partition coefficient (Wildman–Crippen LogP) is 4.42. The van der Waals surface area contributed by atoms with Crippen LogP contribution in [0.4, 0.5) is 11.4 Å². The summed E-state index contributed by atoms with van der Waals surface area (Å²) in [6.07, 6.45) is 0.253. The molecule has 136 valence electrons. The number of nitrogens with one attached hydrogen (secondary N) is 1. The van der Waals surface area contributed by atoms with Gasteiger partial charge < -0.3 is 10.2 Å². The van der Waals surface area contributed by atoms with E-state index in [1.165, 1.54) is 5.56 Å². The SMILES string of the molecule is Cc1cccc(C)c1NC(=O)[C@H]1CC(=O)N(c2ccc(C(C)C)cc2)C1. The molecule has 1 fully saturated rings. The van der Waals surface area contributed by atoms with Crippen LogP contribution in [0.3, 0.4) is 0 Å². The van der Waals surface area contributed by atoms with Gasteiger partial charge in [0.05, 0.1) is 5.92 Å². The zero-order valence-electron chi connectivity index (χ0n) is 15.9. The summed E-state index contributed by atoms with van der Waals surface area (Å²) in [5.74, 6) is 0.0430. The van der Waals surface area contributed by atoms with Crippen molar-refractivity contribution in [3.63, 3.8) is 0 Å². The molecular formula is C22H26N2O2. The molecule has 1 aliphatic heterocycles. The Morgan fingerprint density at radius 3 is 2.27 bits per heavy atom. The quantitative estimate of drug-likeness (QED) is 0.887. The van der Waals surface area contributed by atoms with Crippen molar-refractivity contribution < 1.29 is 9.59 Å². The maximum absolute atomic E-state index is 12.7. The average molecular weight is 350 g/mol. The fourth-order valence-electron chi connectivity index (χ4n) is 3.41. The lowest BCUT2D eigenvalue weighted by atomic mass is 10.0. The van der Waals surface area contributed by atoms with Crippen LogP contribution in [0.5, 0.6) is 0 Å². The minimum absolute atomic E-state index is 0.00366. The van der Waals surface area contributed by atoms with Crippen LogP contribution in [0.25, 0.3) is 0 Å². The van der Waals surface area contributed by atoms with E-state index < -0.39 is 0 Å². The first-order valence-corrected chi connectivity index (χ1v) is 9.14. The maximum Gasteiger partial charge on any atom is 0.229 e.